The van der Waals surface area contributed by atoms with Crippen LogP contribution in [0.15, 0.2) is 24.4 Å². The van der Waals surface area contributed by atoms with Gasteiger partial charge in [-0.25, -0.2) is 0 Å². The third kappa shape index (κ3) is 5.39. The monoisotopic (exact) mass is 207 g/mol. The molecule has 1 aromatic heterocycles. The quantitative estimate of drug-likeness (QED) is 0.742. The predicted octanol–water partition coefficient (Wildman–Crippen LogP) is 3.27. The van der Waals surface area contributed by atoms with Gasteiger partial charge in [-0.15, -0.1) is 24.8 Å². The minimum Gasteiger partial charge on any atom is -0.261 e. The summed E-state index contributed by atoms with van der Waals surface area (Å²) in [4.78, 5) is 4.22. The minimum absolute atomic E-state index is 0. The highest BCUT2D eigenvalue weighted by atomic mass is 35.5. The molecule has 0 amide bonds. The lowest BCUT2D eigenvalue weighted by Crippen LogP contribution is -1.86. The first-order valence-corrected chi connectivity index (χ1v) is 3.83. The molecule has 0 saturated heterocycles. The molecule has 70 valence electrons. The number of unbranched alkanes of at least 4 members (excludes halogenated alkanes) is 1. The Morgan fingerprint density at radius 2 is 2.00 bits per heavy atom. The summed E-state index contributed by atoms with van der Waals surface area (Å²) in [5, 5.41) is 0. The Bertz CT molecular complexity index is 177. The lowest BCUT2D eigenvalue weighted by atomic mass is 10.2. The fourth-order valence-electron chi connectivity index (χ4n) is 0.904. The highest BCUT2D eigenvalue weighted by molar-refractivity contribution is 5.85. The average Bonchev–Trinajstić information content (AvgIpc) is 2.03. The number of halogens is 2. The van der Waals surface area contributed by atoms with Gasteiger partial charge >= 0.3 is 0 Å². The normalized spacial score (nSPS) is 8.08. The molecule has 0 atom stereocenters. The third-order valence-corrected chi connectivity index (χ3v) is 1.51. The van der Waals surface area contributed by atoms with Gasteiger partial charge in [0.05, 0.1) is 0 Å². The molecular weight excluding hydrogens is 193 g/mol. The van der Waals surface area contributed by atoms with Gasteiger partial charge in [-0.1, -0.05) is 19.4 Å². The molecule has 12 heavy (non-hydrogen) atoms. The number of rotatable bonds is 3. The SMILES string of the molecule is CCCCc1ccccn1.Cl.Cl. The first-order chi connectivity index (χ1) is 4.93. The Morgan fingerprint density at radius 1 is 1.25 bits per heavy atom. The highest BCUT2D eigenvalue weighted by Gasteiger charge is 1.88. The Morgan fingerprint density at radius 3 is 2.50 bits per heavy atom. The minimum atomic E-state index is 0. The van der Waals surface area contributed by atoms with E-state index in [2.05, 4.69) is 18.0 Å². The van der Waals surface area contributed by atoms with Crippen molar-refractivity contribution in [3.63, 3.8) is 0 Å². The van der Waals surface area contributed by atoms with Crippen LogP contribution in [-0.2, 0) is 6.42 Å². The van der Waals surface area contributed by atoms with Crippen LogP contribution in [0.3, 0.4) is 0 Å². The van der Waals surface area contributed by atoms with Gasteiger partial charge in [0, 0.05) is 11.9 Å². The van der Waals surface area contributed by atoms with Crippen LogP contribution >= 0.6 is 24.8 Å². The maximum absolute atomic E-state index is 4.22. The molecule has 1 heterocycles. The Balaban J connectivity index is 0. The molecule has 0 spiro atoms. The molecule has 0 N–H and O–H groups in total. The summed E-state index contributed by atoms with van der Waals surface area (Å²) in [6.07, 6.45) is 5.47. The molecule has 3 heteroatoms. The third-order valence-electron chi connectivity index (χ3n) is 1.51. The van der Waals surface area contributed by atoms with Gasteiger partial charge in [0.15, 0.2) is 0 Å². The zero-order valence-corrected chi connectivity index (χ0v) is 8.83. The zero-order chi connectivity index (χ0) is 7.23. The summed E-state index contributed by atoms with van der Waals surface area (Å²) >= 11 is 0. The summed E-state index contributed by atoms with van der Waals surface area (Å²) in [5.74, 6) is 0. The van der Waals surface area contributed by atoms with E-state index in [0.717, 1.165) is 6.42 Å². The van der Waals surface area contributed by atoms with Gasteiger partial charge in [0.2, 0.25) is 0 Å². The molecule has 0 fully saturated rings. The summed E-state index contributed by atoms with van der Waals surface area (Å²) in [7, 11) is 0. The second kappa shape index (κ2) is 8.82. The molecule has 0 saturated carbocycles. The van der Waals surface area contributed by atoms with E-state index in [0.29, 0.717) is 0 Å². The van der Waals surface area contributed by atoms with Crippen molar-refractivity contribution < 1.29 is 0 Å². The van der Waals surface area contributed by atoms with Crippen LogP contribution in [0.5, 0.6) is 0 Å². The largest absolute Gasteiger partial charge is 0.261 e. The van der Waals surface area contributed by atoms with Crippen molar-refractivity contribution >= 4 is 24.8 Å². The van der Waals surface area contributed by atoms with Crippen LogP contribution in [0, 0.1) is 0 Å². The topological polar surface area (TPSA) is 12.9 Å². The van der Waals surface area contributed by atoms with Crippen molar-refractivity contribution in [2.45, 2.75) is 26.2 Å². The van der Waals surface area contributed by atoms with Crippen molar-refractivity contribution in [3.8, 4) is 0 Å². The fraction of sp³-hybridized carbons (Fsp3) is 0.444. The van der Waals surface area contributed by atoms with Crippen LogP contribution in [0.1, 0.15) is 25.5 Å². The second-order valence-electron chi connectivity index (χ2n) is 2.42. The van der Waals surface area contributed by atoms with Gasteiger partial charge in [-0.2, -0.15) is 0 Å². The molecule has 0 radical (unpaired) electrons. The Labute approximate surface area is 86.4 Å². The van der Waals surface area contributed by atoms with Crippen LogP contribution in [-0.4, -0.2) is 4.98 Å². The summed E-state index contributed by atoms with van der Waals surface area (Å²) in [6, 6.07) is 6.07. The predicted molar refractivity (Wildman–Crippen MR) is 57.3 cm³/mol. The van der Waals surface area contributed by atoms with Gasteiger partial charge < -0.3 is 0 Å². The molecule has 1 nitrogen and oxygen atoms in total. The van der Waals surface area contributed by atoms with Gasteiger partial charge in [-0.05, 0) is 25.0 Å². The first-order valence-electron chi connectivity index (χ1n) is 3.83. The van der Waals surface area contributed by atoms with E-state index in [4.69, 9.17) is 0 Å². The van der Waals surface area contributed by atoms with E-state index in [-0.39, 0.29) is 24.8 Å². The van der Waals surface area contributed by atoms with Gasteiger partial charge in [0.1, 0.15) is 0 Å². The van der Waals surface area contributed by atoms with Crippen molar-refractivity contribution in [1.82, 2.24) is 4.98 Å². The molecule has 0 unspecified atom stereocenters. The van der Waals surface area contributed by atoms with Crippen LogP contribution < -0.4 is 0 Å². The number of hydrogen-bond acceptors (Lipinski definition) is 1. The number of pyridine rings is 1. The van der Waals surface area contributed by atoms with Crippen molar-refractivity contribution in [2.24, 2.45) is 0 Å². The molecule has 0 aromatic carbocycles. The number of aryl methyl sites for hydroxylation is 1. The number of aromatic nitrogens is 1. The van der Waals surface area contributed by atoms with E-state index >= 15 is 0 Å². The standard InChI is InChI=1S/C9H13N.2ClH/c1-2-3-6-9-7-4-5-8-10-9;;/h4-5,7-8H,2-3,6H2,1H3;2*1H. The van der Waals surface area contributed by atoms with E-state index in [1.807, 2.05) is 18.3 Å². The number of hydrogen-bond donors (Lipinski definition) is 0. The summed E-state index contributed by atoms with van der Waals surface area (Å²) < 4.78 is 0. The van der Waals surface area contributed by atoms with Crippen LogP contribution in [0.2, 0.25) is 0 Å². The van der Waals surface area contributed by atoms with E-state index in [1.165, 1.54) is 18.5 Å². The molecule has 1 aromatic rings. The number of nitrogens with zero attached hydrogens (tertiary/aromatic N) is 1. The van der Waals surface area contributed by atoms with E-state index in [9.17, 15) is 0 Å². The van der Waals surface area contributed by atoms with Crippen LogP contribution in [0.4, 0.5) is 0 Å². The second-order valence-corrected chi connectivity index (χ2v) is 2.42. The summed E-state index contributed by atoms with van der Waals surface area (Å²) in [6.45, 7) is 2.20. The first kappa shape index (κ1) is 14.3. The average molecular weight is 208 g/mol. The smallest absolute Gasteiger partial charge is 0.0403 e. The fourth-order valence-corrected chi connectivity index (χ4v) is 0.904. The van der Waals surface area contributed by atoms with Crippen LogP contribution in [0.25, 0.3) is 0 Å². The molecule has 0 aliphatic carbocycles. The zero-order valence-electron chi connectivity index (χ0n) is 7.19. The maximum Gasteiger partial charge on any atom is 0.0403 e. The van der Waals surface area contributed by atoms with Gasteiger partial charge in [-0.3, -0.25) is 4.98 Å². The van der Waals surface area contributed by atoms with Crippen molar-refractivity contribution in [3.05, 3.63) is 30.1 Å². The lowest BCUT2D eigenvalue weighted by molar-refractivity contribution is 0.777. The molecule has 0 aliphatic rings. The van der Waals surface area contributed by atoms with Crippen molar-refractivity contribution in [2.75, 3.05) is 0 Å². The van der Waals surface area contributed by atoms with E-state index in [1.54, 1.807) is 0 Å². The highest BCUT2D eigenvalue weighted by Crippen LogP contribution is 1.99. The Kier molecular flexibility index (Phi) is 10.5. The molecule has 0 aliphatic heterocycles. The van der Waals surface area contributed by atoms with E-state index < -0.39 is 0 Å². The van der Waals surface area contributed by atoms with Gasteiger partial charge in [0.25, 0.3) is 0 Å². The molecule has 0 bridgehead atoms. The molecule has 1 rings (SSSR count). The van der Waals surface area contributed by atoms with Crippen molar-refractivity contribution in [1.29, 1.82) is 0 Å². The summed E-state index contributed by atoms with van der Waals surface area (Å²) in [5.41, 5.74) is 1.21. The molecular formula is C9H15Cl2N. The Hall–Kier alpha value is -0.270. The maximum atomic E-state index is 4.22. The lowest BCUT2D eigenvalue weighted by Gasteiger charge is -1.95.